The van der Waals surface area contributed by atoms with E-state index in [0.29, 0.717) is 25.2 Å². The van der Waals surface area contributed by atoms with Crippen molar-refractivity contribution in [3.8, 4) is 0 Å². The minimum absolute atomic E-state index is 0. The molecule has 0 fully saturated rings. The molecule has 0 rings (SSSR count). The Morgan fingerprint density at radius 2 is 1.62 bits per heavy atom. The third-order valence-electron chi connectivity index (χ3n) is 0.119. The third-order valence-corrected chi connectivity index (χ3v) is 2.11. The molecule has 0 aromatic rings. The van der Waals surface area contributed by atoms with E-state index in [1.807, 2.05) is 0 Å². The van der Waals surface area contributed by atoms with Gasteiger partial charge < -0.3 is 0 Å². The second-order valence-corrected chi connectivity index (χ2v) is 3.09. The summed E-state index contributed by atoms with van der Waals surface area (Å²) in [6.45, 7) is 0. The Labute approximate surface area is 87.3 Å². The van der Waals surface area contributed by atoms with Crippen molar-refractivity contribution in [1.29, 1.82) is 0 Å². The van der Waals surface area contributed by atoms with Crippen LogP contribution in [0.1, 0.15) is 0 Å². The average molecular weight is 295 g/mol. The van der Waals surface area contributed by atoms with Crippen LogP contribution in [0.4, 0.5) is 0 Å². The van der Waals surface area contributed by atoms with Crippen LogP contribution < -0.4 is 0 Å². The Kier molecular flexibility index (Phi) is 15.2. The van der Waals surface area contributed by atoms with Crippen molar-refractivity contribution in [2.75, 3.05) is 0 Å². The number of hydrogen-bond acceptors (Lipinski definition) is 2. The van der Waals surface area contributed by atoms with Gasteiger partial charge in [-0.3, -0.25) is 0 Å². The molecule has 0 aliphatic heterocycles. The van der Waals surface area contributed by atoms with Crippen LogP contribution >= 0.6 is 7.82 Å². The fourth-order valence-corrected chi connectivity index (χ4v) is 0. The molecular formula is H2NiO4PTiZr. The maximum atomic E-state index is 9.49. The minimum atomic E-state index is -4.11. The van der Waals surface area contributed by atoms with Gasteiger partial charge in [-0.15, -0.1) is 0 Å². The maximum Gasteiger partial charge on any atom is 0 e. The fraction of sp³-hybridized carbons (Fsp3) is 0. The van der Waals surface area contributed by atoms with Gasteiger partial charge in [0.25, 0.3) is 0 Å². The molecule has 0 saturated heterocycles. The first kappa shape index (κ1) is 16.7. The first-order valence-corrected chi connectivity index (χ1v) is 3.50. The van der Waals surface area contributed by atoms with E-state index in [2.05, 4.69) is 2.60 Å². The van der Waals surface area contributed by atoms with E-state index in [1.165, 1.54) is 0 Å². The quantitative estimate of drug-likeness (QED) is 0.508. The van der Waals surface area contributed by atoms with E-state index in [0.717, 1.165) is 0 Å². The van der Waals surface area contributed by atoms with Gasteiger partial charge in [0.05, 0.1) is 0 Å². The van der Waals surface area contributed by atoms with Crippen LogP contribution in [0.2, 0.25) is 0 Å². The fourth-order valence-electron chi connectivity index (χ4n) is 0. The summed E-state index contributed by atoms with van der Waals surface area (Å²) in [6, 6.07) is 0. The van der Waals surface area contributed by atoms with Crippen LogP contribution in [0.25, 0.3) is 0 Å². The summed E-state index contributed by atoms with van der Waals surface area (Å²) in [7, 11) is -4.11. The number of rotatable bonds is 1. The SMILES string of the molecule is O=P(O)(O)[O][Zr].[Ni].[Ti]. The van der Waals surface area contributed by atoms with Crippen molar-refractivity contribution in [1.82, 2.24) is 0 Å². The van der Waals surface area contributed by atoms with Crippen molar-refractivity contribution in [2.24, 2.45) is 0 Å². The zero-order valence-corrected chi connectivity index (χ0v) is 9.38. The van der Waals surface area contributed by atoms with Gasteiger partial charge in [0.2, 0.25) is 0 Å². The van der Waals surface area contributed by atoms with Gasteiger partial charge in [-0.05, 0) is 0 Å². The van der Waals surface area contributed by atoms with E-state index >= 15 is 0 Å². The molecule has 0 bridgehead atoms. The molecule has 0 unspecified atom stereocenters. The predicted molar refractivity (Wildman–Crippen MR) is 13.1 cm³/mol. The van der Waals surface area contributed by atoms with Crippen molar-refractivity contribution in [2.45, 2.75) is 0 Å². The predicted octanol–water partition coefficient (Wildman–Crippen LogP) is -0.448. The average Bonchev–Trinajstić information content (AvgIpc) is 1.35. The summed E-state index contributed by atoms with van der Waals surface area (Å²) in [4.78, 5) is 15.5. The van der Waals surface area contributed by atoms with Crippen LogP contribution in [0.3, 0.4) is 0 Å². The normalized spacial score (nSPS) is 8.62. The van der Waals surface area contributed by atoms with Crippen molar-refractivity contribution < 1.29 is 80.3 Å². The first-order chi connectivity index (χ1) is 2.56. The molecule has 0 amide bonds. The summed E-state index contributed by atoms with van der Waals surface area (Å²) >= 11 is 0.388. The number of hydrogen-bond donors (Lipinski definition) is 2. The van der Waals surface area contributed by atoms with Gasteiger partial charge in [0.1, 0.15) is 0 Å². The Morgan fingerprint density at radius 1 is 1.50 bits per heavy atom. The molecule has 0 aliphatic rings. The molecule has 0 spiro atoms. The molecule has 0 aromatic heterocycles. The molecule has 0 heterocycles. The monoisotopic (exact) mass is 293 g/mol. The largest absolute Gasteiger partial charge is 0 e. The van der Waals surface area contributed by atoms with Gasteiger partial charge in [0, 0.05) is 38.2 Å². The van der Waals surface area contributed by atoms with Gasteiger partial charge in [-0.25, -0.2) is 0 Å². The molecule has 8 heavy (non-hydrogen) atoms. The Balaban J connectivity index is -0.000000125. The van der Waals surface area contributed by atoms with Crippen molar-refractivity contribution in [3.63, 3.8) is 0 Å². The molecule has 49 valence electrons. The van der Waals surface area contributed by atoms with Crippen molar-refractivity contribution in [3.05, 3.63) is 0 Å². The van der Waals surface area contributed by atoms with Gasteiger partial charge in [-0.1, -0.05) is 0 Å². The zero-order chi connectivity index (χ0) is 5.21. The van der Waals surface area contributed by atoms with E-state index < -0.39 is 7.82 Å². The minimum Gasteiger partial charge on any atom is 0 e. The maximum absolute atomic E-state index is 9.49. The topological polar surface area (TPSA) is 66.8 Å². The number of phosphoric acid groups is 1. The Bertz CT molecular complexity index is 80.1. The van der Waals surface area contributed by atoms with E-state index in [9.17, 15) is 4.57 Å². The molecule has 0 aliphatic carbocycles. The summed E-state index contributed by atoms with van der Waals surface area (Å²) < 4.78 is 13.2. The van der Waals surface area contributed by atoms with Gasteiger partial charge >= 0.3 is 49.9 Å². The van der Waals surface area contributed by atoms with E-state index in [-0.39, 0.29) is 38.2 Å². The molecule has 0 aromatic carbocycles. The van der Waals surface area contributed by atoms with Crippen molar-refractivity contribution >= 4 is 7.82 Å². The summed E-state index contributed by atoms with van der Waals surface area (Å²) in [5, 5.41) is 0. The summed E-state index contributed by atoms with van der Waals surface area (Å²) in [6.07, 6.45) is 0. The summed E-state index contributed by atoms with van der Waals surface area (Å²) in [5.41, 5.74) is 0. The van der Waals surface area contributed by atoms with Gasteiger partial charge in [0.15, 0.2) is 0 Å². The van der Waals surface area contributed by atoms with Crippen LogP contribution in [0, 0.1) is 0 Å². The Morgan fingerprint density at radius 3 is 1.62 bits per heavy atom. The standard InChI is InChI=1S/Ni.H3O4P.Ti.Zr/c;1-5(2,3)4;;/h;(H3,1,2,3,4);;/q;;;+1/p-1. The molecular weight excluding hydrogens is 293 g/mol. The molecule has 2 N–H and O–H groups in total. The molecule has 0 radical (unpaired) electrons. The molecule has 4 nitrogen and oxygen atoms in total. The first-order valence-electron chi connectivity index (χ1n) is 0.969. The smallest absolute Gasteiger partial charge is 0 e. The van der Waals surface area contributed by atoms with Crippen LogP contribution in [-0.2, 0) is 70.5 Å². The molecule has 0 saturated carbocycles. The second-order valence-electron chi connectivity index (χ2n) is 0.582. The molecule has 0 atom stereocenters. The van der Waals surface area contributed by atoms with Gasteiger partial charge in [-0.2, -0.15) is 0 Å². The van der Waals surface area contributed by atoms with Crippen LogP contribution in [0.5, 0.6) is 0 Å². The van der Waals surface area contributed by atoms with Crippen LogP contribution in [-0.4, -0.2) is 9.79 Å². The Hall–Kier alpha value is 2.20. The second kappa shape index (κ2) is 7.31. The van der Waals surface area contributed by atoms with Crippen LogP contribution in [0.15, 0.2) is 0 Å². The molecule has 8 heteroatoms. The third kappa shape index (κ3) is 15.7. The zero-order valence-electron chi connectivity index (χ0n) is 3.47. The van der Waals surface area contributed by atoms with E-state index in [1.54, 1.807) is 0 Å². The van der Waals surface area contributed by atoms with E-state index in [4.69, 9.17) is 9.79 Å². The summed E-state index contributed by atoms with van der Waals surface area (Å²) in [5.74, 6) is 0.